The number of nitrogens with zero attached hydrogens (tertiary/aromatic N) is 2. The van der Waals surface area contributed by atoms with E-state index >= 15 is 0 Å². The van der Waals surface area contributed by atoms with E-state index in [0.717, 1.165) is 6.42 Å². The van der Waals surface area contributed by atoms with Crippen LogP contribution in [0.25, 0.3) is 0 Å². The molecule has 5 nitrogen and oxygen atoms in total. The molecule has 0 radical (unpaired) electrons. The van der Waals surface area contributed by atoms with Gasteiger partial charge < -0.3 is 10.2 Å². The summed E-state index contributed by atoms with van der Waals surface area (Å²) in [5, 5.41) is 3.18. The molecule has 0 spiro atoms. The molecule has 1 aromatic rings. The maximum atomic E-state index is 12.4. The SMILES string of the molecule is CC(C)(C)CC(=O)N1CCCC1C(=O)Nc1ccc(Cl)nc1. The van der Waals surface area contributed by atoms with Gasteiger partial charge in [0.1, 0.15) is 11.2 Å². The fourth-order valence-electron chi connectivity index (χ4n) is 2.57. The van der Waals surface area contributed by atoms with Crippen LogP contribution in [0.2, 0.25) is 5.15 Å². The van der Waals surface area contributed by atoms with Gasteiger partial charge in [-0.1, -0.05) is 32.4 Å². The second kappa shape index (κ2) is 6.65. The van der Waals surface area contributed by atoms with E-state index in [2.05, 4.69) is 10.3 Å². The summed E-state index contributed by atoms with van der Waals surface area (Å²) in [6, 6.07) is 2.92. The Morgan fingerprint density at radius 3 is 2.73 bits per heavy atom. The fourth-order valence-corrected chi connectivity index (χ4v) is 2.68. The number of amides is 2. The van der Waals surface area contributed by atoms with Gasteiger partial charge in [-0.25, -0.2) is 4.98 Å². The zero-order chi connectivity index (χ0) is 16.3. The van der Waals surface area contributed by atoms with Gasteiger partial charge >= 0.3 is 0 Å². The Balaban J connectivity index is 2.01. The molecule has 0 bridgehead atoms. The number of nitrogens with one attached hydrogen (secondary N) is 1. The number of carbonyl (C=O) groups excluding carboxylic acids is 2. The van der Waals surface area contributed by atoms with E-state index in [0.29, 0.717) is 30.2 Å². The smallest absolute Gasteiger partial charge is 0.247 e. The number of pyridine rings is 1. The number of anilines is 1. The third-order valence-electron chi connectivity index (χ3n) is 3.55. The van der Waals surface area contributed by atoms with Crippen molar-refractivity contribution in [3.05, 3.63) is 23.5 Å². The molecule has 1 atom stereocenters. The lowest BCUT2D eigenvalue weighted by Gasteiger charge is -2.27. The summed E-state index contributed by atoms with van der Waals surface area (Å²) in [7, 11) is 0. The van der Waals surface area contributed by atoms with Crippen LogP contribution in [-0.2, 0) is 9.59 Å². The van der Waals surface area contributed by atoms with E-state index in [1.54, 1.807) is 17.0 Å². The van der Waals surface area contributed by atoms with E-state index in [4.69, 9.17) is 11.6 Å². The maximum Gasteiger partial charge on any atom is 0.247 e. The van der Waals surface area contributed by atoms with E-state index in [1.807, 2.05) is 20.8 Å². The van der Waals surface area contributed by atoms with Crippen LogP contribution in [0.5, 0.6) is 0 Å². The van der Waals surface area contributed by atoms with Gasteiger partial charge in [-0.15, -0.1) is 0 Å². The Kier molecular flexibility index (Phi) is 5.06. The van der Waals surface area contributed by atoms with Crippen LogP contribution in [0.4, 0.5) is 5.69 Å². The highest BCUT2D eigenvalue weighted by molar-refractivity contribution is 6.29. The maximum absolute atomic E-state index is 12.4. The predicted molar refractivity (Wildman–Crippen MR) is 86.7 cm³/mol. The monoisotopic (exact) mass is 323 g/mol. The van der Waals surface area contributed by atoms with Crippen molar-refractivity contribution in [2.75, 3.05) is 11.9 Å². The van der Waals surface area contributed by atoms with E-state index in [-0.39, 0.29) is 17.2 Å². The second-order valence-electron chi connectivity index (χ2n) is 6.84. The van der Waals surface area contributed by atoms with Crippen LogP contribution in [0.15, 0.2) is 18.3 Å². The normalized spacial score (nSPS) is 18.4. The van der Waals surface area contributed by atoms with Crippen LogP contribution in [-0.4, -0.2) is 34.3 Å². The number of likely N-dealkylation sites (tertiary alicyclic amines) is 1. The summed E-state index contributed by atoms with van der Waals surface area (Å²) in [5.74, 6) is -0.122. The first-order chi connectivity index (χ1) is 10.3. The predicted octanol–water partition coefficient (Wildman–Crippen LogP) is 3.10. The van der Waals surface area contributed by atoms with E-state index in [9.17, 15) is 9.59 Å². The minimum Gasteiger partial charge on any atom is -0.331 e. The molecular formula is C16H22ClN3O2. The molecule has 0 aromatic carbocycles. The Morgan fingerprint density at radius 2 is 2.14 bits per heavy atom. The Hall–Kier alpha value is -1.62. The number of rotatable bonds is 3. The second-order valence-corrected chi connectivity index (χ2v) is 7.23. The van der Waals surface area contributed by atoms with Gasteiger partial charge in [0.15, 0.2) is 0 Å². The molecule has 0 saturated carbocycles. The van der Waals surface area contributed by atoms with E-state index in [1.165, 1.54) is 6.20 Å². The molecule has 1 aliphatic rings. The number of halogens is 1. The van der Waals surface area contributed by atoms with Crippen molar-refractivity contribution in [2.24, 2.45) is 5.41 Å². The molecule has 120 valence electrons. The quantitative estimate of drug-likeness (QED) is 0.869. The number of hydrogen-bond acceptors (Lipinski definition) is 3. The third kappa shape index (κ3) is 4.44. The highest BCUT2D eigenvalue weighted by atomic mass is 35.5. The van der Waals surface area contributed by atoms with Crippen molar-refractivity contribution in [1.29, 1.82) is 0 Å². The Bertz CT molecular complexity index is 552. The molecule has 22 heavy (non-hydrogen) atoms. The van der Waals surface area contributed by atoms with Gasteiger partial charge in [-0.2, -0.15) is 0 Å². The lowest BCUT2D eigenvalue weighted by atomic mass is 9.91. The van der Waals surface area contributed by atoms with Crippen molar-refractivity contribution >= 4 is 29.1 Å². The fraction of sp³-hybridized carbons (Fsp3) is 0.562. The Labute approximate surface area is 136 Å². The molecule has 2 amide bonds. The van der Waals surface area contributed by atoms with Crippen LogP contribution in [0.3, 0.4) is 0 Å². The van der Waals surface area contributed by atoms with Gasteiger partial charge in [0.25, 0.3) is 0 Å². The van der Waals surface area contributed by atoms with Crippen molar-refractivity contribution in [2.45, 2.75) is 46.1 Å². The summed E-state index contributed by atoms with van der Waals surface area (Å²) >= 11 is 5.72. The molecular weight excluding hydrogens is 302 g/mol. The molecule has 1 aliphatic heterocycles. The number of aromatic nitrogens is 1. The first-order valence-corrected chi connectivity index (χ1v) is 7.86. The minimum atomic E-state index is -0.398. The topological polar surface area (TPSA) is 62.3 Å². The summed E-state index contributed by atoms with van der Waals surface area (Å²) in [6.45, 7) is 6.71. The highest BCUT2D eigenvalue weighted by Crippen LogP contribution is 2.25. The molecule has 1 unspecified atom stereocenters. The molecule has 2 heterocycles. The van der Waals surface area contributed by atoms with Gasteiger partial charge in [0.2, 0.25) is 11.8 Å². The van der Waals surface area contributed by atoms with Crippen LogP contribution in [0, 0.1) is 5.41 Å². The van der Waals surface area contributed by atoms with Gasteiger partial charge in [-0.3, -0.25) is 9.59 Å². The van der Waals surface area contributed by atoms with Crippen LogP contribution in [0.1, 0.15) is 40.0 Å². The standard InChI is InChI=1S/C16H22ClN3O2/c1-16(2,3)9-14(21)20-8-4-5-12(20)15(22)19-11-6-7-13(17)18-10-11/h6-7,10,12H,4-5,8-9H2,1-3H3,(H,19,22). The summed E-state index contributed by atoms with van der Waals surface area (Å²) in [6.07, 6.45) is 3.51. The molecule has 1 fully saturated rings. The zero-order valence-electron chi connectivity index (χ0n) is 13.2. The molecule has 1 N–H and O–H groups in total. The summed E-state index contributed by atoms with van der Waals surface area (Å²) in [5.41, 5.74) is 0.505. The lowest BCUT2D eigenvalue weighted by Crippen LogP contribution is -2.44. The molecule has 2 rings (SSSR count). The molecule has 1 saturated heterocycles. The van der Waals surface area contributed by atoms with Crippen LogP contribution >= 0.6 is 11.6 Å². The minimum absolute atomic E-state index is 0.0411. The average Bonchev–Trinajstić information content (AvgIpc) is 2.89. The molecule has 1 aromatic heterocycles. The van der Waals surface area contributed by atoms with Gasteiger partial charge in [0.05, 0.1) is 11.9 Å². The largest absolute Gasteiger partial charge is 0.331 e. The van der Waals surface area contributed by atoms with Crippen molar-refractivity contribution < 1.29 is 9.59 Å². The number of hydrogen-bond donors (Lipinski definition) is 1. The first kappa shape index (κ1) is 16.7. The Morgan fingerprint density at radius 1 is 1.41 bits per heavy atom. The summed E-state index contributed by atoms with van der Waals surface area (Å²) in [4.78, 5) is 30.4. The molecule has 0 aliphatic carbocycles. The highest BCUT2D eigenvalue weighted by Gasteiger charge is 2.35. The van der Waals surface area contributed by atoms with Crippen molar-refractivity contribution in [1.82, 2.24) is 9.88 Å². The van der Waals surface area contributed by atoms with Gasteiger partial charge in [0, 0.05) is 13.0 Å². The van der Waals surface area contributed by atoms with Gasteiger partial charge in [-0.05, 0) is 30.4 Å². The van der Waals surface area contributed by atoms with Crippen molar-refractivity contribution in [3.63, 3.8) is 0 Å². The van der Waals surface area contributed by atoms with Crippen molar-refractivity contribution in [3.8, 4) is 0 Å². The number of carbonyl (C=O) groups is 2. The molecule has 6 heteroatoms. The summed E-state index contributed by atoms with van der Waals surface area (Å²) < 4.78 is 0. The van der Waals surface area contributed by atoms with E-state index < -0.39 is 6.04 Å². The third-order valence-corrected chi connectivity index (χ3v) is 3.78. The zero-order valence-corrected chi connectivity index (χ0v) is 14.0. The average molecular weight is 324 g/mol. The van der Waals surface area contributed by atoms with Crippen LogP contribution < -0.4 is 5.32 Å². The first-order valence-electron chi connectivity index (χ1n) is 7.48. The lowest BCUT2D eigenvalue weighted by molar-refractivity contribution is -0.138.